The first-order valence-electron chi connectivity index (χ1n) is 11.7. The maximum Gasteiger partial charge on any atom is 0.257 e. The van der Waals surface area contributed by atoms with Gasteiger partial charge in [0, 0.05) is 24.6 Å². The van der Waals surface area contributed by atoms with E-state index in [9.17, 15) is 14.0 Å². The van der Waals surface area contributed by atoms with Gasteiger partial charge in [0.25, 0.3) is 5.91 Å². The summed E-state index contributed by atoms with van der Waals surface area (Å²) in [5.41, 5.74) is 0.714. The molecule has 37 heavy (non-hydrogen) atoms. The van der Waals surface area contributed by atoms with E-state index >= 15 is 0 Å². The maximum atomic E-state index is 13.2. The van der Waals surface area contributed by atoms with E-state index in [1.54, 1.807) is 42.7 Å². The summed E-state index contributed by atoms with van der Waals surface area (Å²) in [5.74, 6) is 0.121. The molecule has 5 rings (SSSR count). The zero-order chi connectivity index (χ0) is 25.8. The molecule has 1 atom stereocenters. The third kappa shape index (κ3) is 5.51. The number of carbonyl (C=O) groups is 2. The van der Waals surface area contributed by atoms with E-state index in [0.29, 0.717) is 47.6 Å². The number of carbonyl (C=O) groups excluding carboxylic acids is 2. The Morgan fingerprint density at radius 1 is 1.03 bits per heavy atom. The van der Waals surface area contributed by atoms with Crippen molar-refractivity contribution in [3.05, 3.63) is 84.3 Å². The molecule has 10 nitrogen and oxygen atoms in total. The monoisotopic (exact) mass is 501 g/mol. The van der Waals surface area contributed by atoms with Crippen molar-refractivity contribution in [1.29, 1.82) is 0 Å². The highest BCUT2D eigenvalue weighted by atomic mass is 19.1. The minimum Gasteiger partial charge on any atom is -0.338 e. The Kier molecular flexibility index (Phi) is 6.69. The number of hydrogen-bond donors (Lipinski definition) is 2. The molecule has 0 radical (unpaired) electrons. The van der Waals surface area contributed by atoms with Gasteiger partial charge in [-0.15, -0.1) is 0 Å². The molecule has 2 N–H and O–H groups in total. The van der Waals surface area contributed by atoms with Crippen LogP contribution in [-0.2, 0) is 10.2 Å². The lowest BCUT2D eigenvalue weighted by Crippen LogP contribution is -2.34. The lowest BCUT2D eigenvalue weighted by atomic mass is 9.90. The highest BCUT2D eigenvalue weighted by Crippen LogP contribution is 2.33. The van der Waals surface area contributed by atoms with E-state index in [-0.39, 0.29) is 12.5 Å². The average molecular weight is 502 g/mol. The van der Waals surface area contributed by atoms with Gasteiger partial charge in [0.2, 0.25) is 23.4 Å². The molecule has 0 saturated carbocycles. The standard InChI is InChI=1S/C26H24FN7O3/c1-26(25-32-23(33-37-25)22-28-12-4-13-29-22)11-14-34(16-26)15-21(35)31-20-6-3-2-5-19(20)24(36)30-18-9-7-17(27)8-10-18/h2-10,12-13H,11,14-16H2,1H3,(H,30,36)(H,31,35). The van der Waals surface area contributed by atoms with Crippen molar-refractivity contribution in [1.82, 2.24) is 25.0 Å². The van der Waals surface area contributed by atoms with Gasteiger partial charge < -0.3 is 15.2 Å². The van der Waals surface area contributed by atoms with E-state index in [4.69, 9.17) is 4.52 Å². The van der Waals surface area contributed by atoms with Gasteiger partial charge in [0.1, 0.15) is 5.82 Å². The number of amides is 2. The Bertz CT molecular complexity index is 1410. The summed E-state index contributed by atoms with van der Waals surface area (Å²) >= 11 is 0. The van der Waals surface area contributed by atoms with Crippen LogP contribution < -0.4 is 10.6 Å². The molecule has 4 aromatic rings. The third-order valence-corrected chi connectivity index (χ3v) is 6.18. The summed E-state index contributed by atoms with van der Waals surface area (Å²) in [5, 5.41) is 9.57. The topological polar surface area (TPSA) is 126 Å². The minimum atomic E-state index is -0.423. The Balaban J connectivity index is 1.21. The molecule has 0 bridgehead atoms. The molecule has 1 saturated heterocycles. The second-order valence-corrected chi connectivity index (χ2v) is 9.07. The van der Waals surface area contributed by atoms with E-state index in [0.717, 1.165) is 6.42 Å². The highest BCUT2D eigenvalue weighted by molar-refractivity contribution is 6.10. The zero-order valence-corrected chi connectivity index (χ0v) is 20.0. The molecule has 1 aliphatic heterocycles. The number of halogens is 1. The second-order valence-electron chi connectivity index (χ2n) is 9.07. The first-order chi connectivity index (χ1) is 17.9. The van der Waals surface area contributed by atoms with Crippen LogP contribution >= 0.6 is 0 Å². The molecular weight excluding hydrogens is 477 g/mol. The first-order valence-corrected chi connectivity index (χ1v) is 11.7. The van der Waals surface area contributed by atoms with Gasteiger partial charge in [-0.3, -0.25) is 14.5 Å². The van der Waals surface area contributed by atoms with Crippen LogP contribution in [0.1, 0.15) is 29.6 Å². The molecule has 2 aromatic heterocycles. The molecule has 1 fully saturated rings. The number of nitrogens with one attached hydrogen (secondary N) is 2. The smallest absolute Gasteiger partial charge is 0.257 e. The molecule has 188 valence electrons. The zero-order valence-electron chi connectivity index (χ0n) is 20.0. The van der Waals surface area contributed by atoms with Crippen LogP contribution in [0.2, 0.25) is 0 Å². The predicted molar refractivity (Wildman–Crippen MR) is 133 cm³/mol. The van der Waals surface area contributed by atoms with Crippen LogP contribution in [0, 0.1) is 5.82 Å². The predicted octanol–water partition coefficient (Wildman–Crippen LogP) is 3.52. The lowest BCUT2D eigenvalue weighted by Gasteiger charge is -2.20. The molecule has 3 heterocycles. The van der Waals surface area contributed by atoms with E-state index in [1.807, 2.05) is 11.8 Å². The largest absolute Gasteiger partial charge is 0.338 e. The van der Waals surface area contributed by atoms with Gasteiger partial charge in [-0.2, -0.15) is 4.98 Å². The number of rotatable bonds is 7. The van der Waals surface area contributed by atoms with Crippen molar-refractivity contribution in [3.63, 3.8) is 0 Å². The van der Waals surface area contributed by atoms with Crippen LogP contribution in [-0.4, -0.2) is 56.5 Å². The molecule has 1 unspecified atom stereocenters. The van der Waals surface area contributed by atoms with Crippen LogP contribution in [0.25, 0.3) is 11.6 Å². The summed E-state index contributed by atoms with van der Waals surface area (Å²) in [6, 6.07) is 13.9. The van der Waals surface area contributed by atoms with Gasteiger partial charge in [0.05, 0.1) is 23.2 Å². The summed E-state index contributed by atoms with van der Waals surface area (Å²) in [4.78, 5) is 40.5. The molecule has 11 heteroatoms. The summed E-state index contributed by atoms with van der Waals surface area (Å²) in [6.07, 6.45) is 3.95. The van der Waals surface area contributed by atoms with Crippen LogP contribution in [0.15, 0.2) is 71.5 Å². The van der Waals surface area contributed by atoms with Crippen molar-refractivity contribution in [2.24, 2.45) is 0 Å². The summed E-state index contributed by atoms with van der Waals surface area (Å²) in [6.45, 7) is 3.36. The summed E-state index contributed by atoms with van der Waals surface area (Å²) in [7, 11) is 0. The minimum absolute atomic E-state index is 0.131. The third-order valence-electron chi connectivity index (χ3n) is 6.18. The van der Waals surface area contributed by atoms with Gasteiger partial charge in [-0.05, 0) is 62.4 Å². The maximum absolute atomic E-state index is 13.2. The van der Waals surface area contributed by atoms with Gasteiger partial charge in [-0.1, -0.05) is 17.3 Å². The Morgan fingerprint density at radius 2 is 1.78 bits per heavy atom. The van der Waals surface area contributed by atoms with Crippen molar-refractivity contribution >= 4 is 23.2 Å². The fraction of sp³-hybridized carbons (Fsp3) is 0.231. The Labute approximate surface area is 211 Å². The van der Waals surface area contributed by atoms with Crippen molar-refractivity contribution < 1.29 is 18.5 Å². The number of aromatic nitrogens is 4. The average Bonchev–Trinajstić information content (AvgIpc) is 3.54. The fourth-order valence-corrected chi connectivity index (χ4v) is 4.25. The Hall–Kier alpha value is -4.51. The van der Waals surface area contributed by atoms with Gasteiger partial charge >= 0.3 is 0 Å². The SMILES string of the molecule is CC1(c2nc(-c3ncccn3)no2)CCN(CC(=O)Nc2ccccc2C(=O)Nc2ccc(F)cc2)C1. The number of anilines is 2. The van der Waals surface area contributed by atoms with E-state index in [2.05, 4.69) is 30.7 Å². The van der Waals surface area contributed by atoms with Crippen molar-refractivity contribution in [2.45, 2.75) is 18.8 Å². The fourth-order valence-electron chi connectivity index (χ4n) is 4.25. The number of nitrogens with zero attached hydrogens (tertiary/aromatic N) is 5. The molecule has 0 aliphatic carbocycles. The van der Waals surface area contributed by atoms with E-state index < -0.39 is 17.1 Å². The van der Waals surface area contributed by atoms with Crippen LogP contribution in [0.5, 0.6) is 0 Å². The number of para-hydroxylation sites is 1. The Morgan fingerprint density at radius 3 is 2.57 bits per heavy atom. The van der Waals surface area contributed by atoms with Gasteiger partial charge in [-0.25, -0.2) is 14.4 Å². The highest BCUT2D eigenvalue weighted by Gasteiger charge is 2.40. The summed E-state index contributed by atoms with van der Waals surface area (Å²) < 4.78 is 18.7. The molecule has 0 spiro atoms. The lowest BCUT2D eigenvalue weighted by molar-refractivity contribution is -0.117. The second kappa shape index (κ2) is 10.2. The molecule has 2 amide bonds. The van der Waals surface area contributed by atoms with Crippen molar-refractivity contribution in [3.8, 4) is 11.6 Å². The van der Waals surface area contributed by atoms with Crippen LogP contribution in [0.4, 0.5) is 15.8 Å². The quantitative estimate of drug-likeness (QED) is 0.394. The number of hydrogen-bond acceptors (Lipinski definition) is 8. The van der Waals surface area contributed by atoms with Crippen molar-refractivity contribution in [2.75, 3.05) is 30.3 Å². The molecule has 2 aromatic carbocycles. The normalized spacial score (nSPS) is 17.5. The van der Waals surface area contributed by atoms with Crippen LogP contribution in [0.3, 0.4) is 0 Å². The number of benzene rings is 2. The molecular formula is C26H24FN7O3. The van der Waals surface area contributed by atoms with E-state index in [1.165, 1.54) is 24.3 Å². The van der Waals surface area contributed by atoms with Gasteiger partial charge in [0.15, 0.2) is 0 Å². The molecule has 1 aliphatic rings. The number of likely N-dealkylation sites (tertiary alicyclic amines) is 1. The first kappa shape index (κ1) is 24.2.